The predicted octanol–water partition coefficient (Wildman–Crippen LogP) is 1.29. The lowest BCUT2D eigenvalue weighted by atomic mass is 9.98. The van der Waals surface area contributed by atoms with Gasteiger partial charge in [0.15, 0.2) is 5.78 Å². The number of hydrogen-bond donors (Lipinski definition) is 1. The summed E-state index contributed by atoms with van der Waals surface area (Å²) in [6.07, 6.45) is 7.20. The molecule has 1 aromatic heterocycles. The Morgan fingerprint density at radius 3 is 2.86 bits per heavy atom. The molecule has 0 spiro atoms. The zero-order valence-electron chi connectivity index (χ0n) is 7.49. The second-order valence-electron chi connectivity index (χ2n) is 3.12. The van der Waals surface area contributed by atoms with Crippen molar-refractivity contribution in [2.24, 2.45) is 0 Å². The number of pyridine rings is 1. The molecule has 14 heavy (non-hydrogen) atoms. The van der Waals surface area contributed by atoms with Crippen molar-refractivity contribution in [1.82, 2.24) is 4.98 Å². The number of carbonyl (C=O) groups is 1. The number of rotatable bonds is 1. The number of aromatic nitrogens is 1. The minimum Gasteiger partial charge on any atom is -0.329 e. The molecule has 0 aromatic carbocycles. The zero-order chi connectivity index (χ0) is 9.97. The quantitative estimate of drug-likeness (QED) is 0.720. The number of ketones is 1. The highest BCUT2D eigenvalue weighted by Gasteiger charge is 2.06. The first-order chi connectivity index (χ1) is 6.75. The molecule has 2 rings (SSSR count). The lowest BCUT2D eigenvalue weighted by Crippen LogP contribution is -2.05. The van der Waals surface area contributed by atoms with Crippen molar-refractivity contribution in [3.8, 4) is 0 Å². The van der Waals surface area contributed by atoms with Crippen LogP contribution in [0.3, 0.4) is 0 Å². The Hall–Kier alpha value is -1.90. The largest absolute Gasteiger partial charge is 0.329 e. The van der Waals surface area contributed by atoms with Gasteiger partial charge in [-0.05, 0) is 35.8 Å². The smallest absolute Gasteiger partial charge is 0.248 e. The monoisotopic (exact) mass is 187 g/mol. The maximum atomic E-state index is 11.1. The van der Waals surface area contributed by atoms with Gasteiger partial charge in [0, 0.05) is 12.3 Å². The van der Waals surface area contributed by atoms with Gasteiger partial charge in [-0.3, -0.25) is 9.59 Å². The van der Waals surface area contributed by atoms with Crippen LogP contribution in [-0.2, 0) is 4.79 Å². The Morgan fingerprint density at radius 2 is 2.14 bits per heavy atom. The Labute approximate surface area is 80.8 Å². The molecule has 0 saturated heterocycles. The highest BCUT2D eigenvalue weighted by molar-refractivity contribution is 6.06. The third-order valence-electron chi connectivity index (χ3n) is 2.08. The summed E-state index contributed by atoms with van der Waals surface area (Å²) in [5.41, 5.74) is 1.56. The van der Waals surface area contributed by atoms with Crippen molar-refractivity contribution < 1.29 is 4.79 Å². The second kappa shape index (κ2) is 3.46. The first-order valence-corrected chi connectivity index (χ1v) is 4.36. The van der Waals surface area contributed by atoms with Gasteiger partial charge >= 0.3 is 0 Å². The molecule has 1 aromatic rings. The third-order valence-corrected chi connectivity index (χ3v) is 2.08. The van der Waals surface area contributed by atoms with Gasteiger partial charge in [0.05, 0.1) is 0 Å². The summed E-state index contributed by atoms with van der Waals surface area (Å²) in [4.78, 5) is 24.6. The molecule has 1 heterocycles. The van der Waals surface area contributed by atoms with Crippen LogP contribution in [0.2, 0.25) is 0 Å². The van der Waals surface area contributed by atoms with Gasteiger partial charge in [-0.25, -0.2) is 0 Å². The summed E-state index contributed by atoms with van der Waals surface area (Å²) in [7, 11) is 0. The maximum Gasteiger partial charge on any atom is 0.248 e. The van der Waals surface area contributed by atoms with E-state index in [0.717, 1.165) is 11.1 Å². The number of hydrogen-bond acceptors (Lipinski definition) is 2. The molecule has 0 fully saturated rings. The van der Waals surface area contributed by atoms with E-state index in [1.54, 1.807) is 24.4 Å². The molecule has 3 heteroatoms. The lowest BCUT2D eigenvalue weighted by molar-refractivity contribution is -0.110. The number of aromatic amines is 1. The average Bonchev–Trinajstić information content (AvgIpc) is 2.18. The number of nitrogens with one attached hydrogen (secondary N) is 1. The van der Waals surface area contributed by atoms with E-state index in [4.69, 9.17) is 0 Å². The summed E-state index contributed by atoms with van der Waals surface area (Å²) in [6.45, 7) is 0. The molecule has 0 amide bonds. The van der Waals surface area contributed by atoms with Crippen LogP contribution in [0.4, 0.5) is 0 Å². The molecule has 70 valence electrons. The van der Waals surface area contributed by atoms with Crippen molar-refractivity contribution in [1.29, 1.82) is 0 Å². The summed E-state index contributed by atoms with van der Waals surface area (Å²) >= 11 is 0. The van der Waals surface area contributed by atoms with E-state index in [-0.39, 0.29) is 11.3 Å². The maximum absolute atomic E-state index is 11.1. The van der Waals surface area contributed by atoms with Gasteiger partial charge in [-0.1, -0.05) is 6.08 Å². The summed E-state index contributed by atoms with van der Waals surface area (Å²) in [5, 5.41) is 0. The number of allylic oxidation sites excluding steroid dienone is 4. The Balaban J connectivity index is 2.41. The highest BCUT2D eigenvalue weighted by Crippen LogP contribution is 2.19. The molecule has 0 saturated carbocycles. The molecular formula is C11H9NO2. The normalized spacial score (nSPS) is 15.4. The Morgan fingerprint density at radius 1 is 1.29 bits per heavy atom. The molecule has 0 atom stereocenters. The first kappa shape index (κ1) is 8.69. The van der Waals surface area contributed by atoms with Crippen LogP contribution < -0.4 is 5.56 Å². The van der Waals surface area contributed by atoms with E-state index in [0.29, 0.717) is 6.42 Å². The number of H-pyrrole nitrogens is 1. The van der Waals surface area contributed by atoms with Gasteiger partial charge in [0.25, 0.3) is 0 Å². The highest BCUT2D eigenvalue weighted by atomic mass is 16.1. The lowest BCUT2D eigenvalue weighted by Gasteiger charge is -2.06. The fraction of sp³-hybridized carbons (Fsp3) is 0.0909. The molecule has 3 nitrogen and oxygen atoms in total. The van der Waals surface area contributed by atoms with Gasteiger partial charge in [0.2, 0.25) is 5.56 Å². The van der Waals surface area contributed by atoms with Crippen LogP contribution in [0.5, 0.6) is 0 Å². The van der Waals surface area contributed by atoms with Crippen molar-refractivity contribution in [2.75, 3.05) is 0 Å². The molecule has 0 unspecified atom stereocenters. The minimum atomic E-state index is -0.148. The van der Waals surface area contributed by atoms with Crippen LogP contribution in [0.25, 0.3) is 5.57 Å². The van der Waals surface area contributed by atoms with Gasteiger partial charge in [-0.2, -0.15) is 0 Å². The fourth-order valence-corrected chi connectivity index (χ4v) is 1.43. The van der Waals surface area contributed by atoms with E-state index >= 15 is 0 Å². The van der Waals surface area contributed by atoms with Crippen LogP contribution in [0.15, 0.2) is 41.4 Å². The minimum absolute atomic E-state index is 0.0217. The van der Waals surface area contributed by atoms with Crippen molar-refractivity contribution in [2.45, 2.75) is 6.42 Å². The zero-order valence-corrected chi connectivity index (χ0v) is 7.49. The van der Waals surface area contributed by atoms with E-state index in [2.05, 4.69) is 4.98 Å². The van der Waals surface area contributed by atoms with Crippen LogP contribution in [0, 0.1) is 0 Å². The molecule has 1 N–H and O–H groups in total. The molecule has 1 aliphatic rings. The van der Waals surface area contributed by atoms with Crippen molar-refractivity contribution in [3.63, 3.8) is 0 Å². The van der Waals surface area contributed by atoms with Gasteiger partial charge in [0.1, 0.15) is 0 Å². The Bertz CT molecular complexity index is 480. The molecule has 0 radical (unpaired) electrons. The first-order valence-electron chi connectivity index (χ1n) is 4.36. The summed E-state index contributed by atoms with van der Waals surface area (Å²) in [6, 6.07) is 3.29. The standard InChI is InChI=1S/C11H9NO2/c13-10-3-1-2-8(6-10)9-4-5-12-11(14)7-9/h1,3-7H,2H2,(H,12,14). The SMILES string of the molecule is O=C1C=CCC(c2cc[nH]c(=O)c2)=C1. The molecule has 1 aliphatic carbocycles. The van der Waals surface area contributed by atoms with E-state index in [9.17, 15) is 9.59 Å². The summed E-state index contributed by atoms with van der Waals surface area (Å²) < 4.78 is 0. The van der Waals surface area contributed by atoms with Crippen molar-refractivity contribution in [3.05, 3.63) is 52.5 Å². The van der Waals surface area contributed by atoms with E-state index in [1.807, 2.05) is 0 Å². The fourth-order valence-electron chi connectivity index (χ4n) is 1.43. The predicted molar refractivity (Wildman–Crippen MR) is 53.8 cm³/mol. The van der Waals surface area contributed by atoms with Gasteiger partial charge < -0.3 is 4.98 Å². The van der Waals surface area contributed by atoms with Crippen molar-refractivity contribution >= 4 is 11.4 Å². The van der Waals surface area contributed by atoms with Crippen LogP contribution >= 0.6 is 0 Å². The Kier molecular flexibility index (Phi) is 2.14. The summed E-state index contributed by atoms with van der Waals surface area (Å²) in [5.74, 6) is -0.0217. The molecule has 0 bridgehead atoms. The molecule has 0 aliphatic heterocycles. The number of carbonyl (C=O) groups excluding carboxylic acids is 1. The molecular weight excluding hydrogens is 178 g/mol. The second-order valence-corrected chi connectivity index (χ2v) is 3.12. The van der Waals surface area contributed by atoms with Crippen LogP contribution in [0.1, 0.15) is 12.0 Å². The topological polar surface area (TPSA) is 49.9 Å². The van der Waals surface area contributed by atoms with E-state index in [1.165, 1.54) is 12.1 Å². The average molecular weight is 187 g/mol. The van der Waals surface area contributed by atoms with E-state index < -0.39 is 0 Å². The third kappa shape index (κ3) is 1.71. The van der Waals surface area contributed by atoms with Crippen LogP contribution in [-0.4, -0.2) is 10.8 Å². The van der Waals surface area contributed by atoms with Gasteiger partial charge in [-0.15, -0.1) is 0 Å².